The van der Waals surface area contributed by atoms with Gasteiger partial charge in [-0.2, -0.15) is 0 Å². The summed E-state index contributed by atoms with van der Waals surface area (Å²) < 4.78 is 30.9. The van der Waals surface area contributed by atoms with Crippen LogP contribution < -0.4 is 4.72 Å². The lowest BCUT2D eigenvalue weighted by atomic mass is 10.3. The van der Waals surface area contributed by atoms with Crippen LogP contribution in [0.2, 0.25) is 5.02 Å². The number of nitro benzene ring substituents is 1. The topological polar surface area (TPSA) is 115 Å². The molecule has 0 saturated carbocycles. The molecule has 1 N–H and O–H groups in total. The first-order valence-electron chi connectivity index (χ1n) is 5.23. The van der Waals surface area contributed by atoms with Crippen LogP contribution in [0.1, 0.15) is 5.69 Å². The molecular weight excluding hydrogens is 310 g/mol. The number of aromatic nitrogens is 1. The van der Waals surface area contributed by atoms with Crippen molar-refractivity contribution in [3.8, 4) is 0 Å². The molecule has 1 aromatic carbocycles. The molecule has 0 aliphatic heterocycles. The standard InChI is InChI=1S/C10H8ClN3O5S/c11-9-2-1-8(14(15)16)5-10(9)20(17,18)12-6-7-3-4-19-13-7/h1-5,12H,6H2. The van der Waals surface area contributed by atoms with Crippen LogP contribution in [0.15, 0.2) is 39.9 Å². The predicted octanol–water partition coefficient (Wildman–Crippen LogP) is 1.71. The number of hydrogen-bond donors (Lipinski definition) is 1. The molecule has 2 aromatic rings. The van der Waals surface area contributed by atoms with Crippen LogP contribution in [0.5, 0.6) is 0 Å². The minimum atomic E-state index is -3.99. The van der Waals surface area contributed by atoms with Gasteiger partial charge in [-0.05, 0) is 6.07 Å². The average molecular weight is 318 g/mol. The minimum Gasteiger partial charge on any atom is -0.364 e. The Kier molecular flexibility index (Phi) is 4.02. The van der Waals surface area contributed by atoms with Crippen molar-refractivity contribution in [3.05, 3.63) is 51.4 Å². The Morgan fingerprint density at radius 3 is 2.75 bits per heavy atom. The van der Waals surface area contributed by atoms with E-state index in [1.165, 1.54) is 12.3 Å². The molecule has 0 saturated heterocycles. The van der Waals surface area contributed by atoms with Crippen LogP contribution >= 0.6 is 11.6 Å². The van der Waals surface area contributed by atoms with Gasteiger partial charge in [0, 0.05) is 18.2 Å². The molecule has 1 heterocycles. The van der Waals surface area contributed by atoms with Gasteiger partial charge < -0.3 is 4.52 Å². The quantitative estimate of drug-likeness (QED) is 0.663. The number of nitrogens with one attached hydrogen (secondary N) is 1. The number of halogens is 1. The summed E-state index contributed by atoms with van der Waals surface area (Å²) in [6, 6.07) is 4.66. The smallest absolute Gasteiger partial charge is 0.270 e. The van der Waals surface area contributed by atoms with E-state index in [4.69, 9.17) is 11.6 Å². The molecule has 0 atom stereocenters. The lowest BCUT2D eigenvalue weighted by Crippen LogP contribution is -2.23. The first-order chi connectivity index (χ1) is 9.40. The fourth-order valence-corrected chi connectivity index (χ4v) is 2.90. The van der Waals surface area contributed by atoms with Gasteiger partial charge in [0.1, 0.15) is 11.2 Å². The van der Waals surface area contributed by atoms with E-state index in [0.717, 1.165) is 18.2 Å². The Bertz CT molecular complexity index is 729. The summed E-state index contributed by atoms with van der Waals surface area (Å²) >= 11 is 5.77. The van der Waals surface area contributed by atoms with Crippen molar-refractivity contribution in [2.45, 2.75) is 11.4 Å². The van der Waals surface area contributed by atoms with E-state index in [9.17, 15) is 18.5 Å². The number of nitro groups is 1. The SMILES string of the molecule is O=[N+]([O-])c1ccc(Cl)c(S(=O)(=O)NCc2ccon2)c1. The fourth-order valence-electron chi connectivity index (χ4n) is 1.39. The Morgan fingerprint density at radius 2 is 2.15 bits per heavy atom. The highest BCUT2D eigenvalue weighted by Gasteiger charge is 2.21. The second-order valence-corrected chi connectivity index (χ2v) is 5.83. The maximum atomic E-state index is 12.0. The molecule has 0 aliphatic carbocycles. The van der Waals surface area contributed by atoms with Crippen molar-refractivity contribution >= 4 is 27.3 Å². The number of non-ortho nitro benzene ring substituents is 1. The van der Waals surface area contributed by atoms with E-state index in [0.29, 0.717) is 5.69 Å². The van der Waals surface area contributed by atoms with Crippen molar-refractivity contribution in [3.63, 3.8) is 0 Å². The number of benzene rings is 1. The predicted molar refractivity (Wildman–Crippen MR) is 68.6 cm³/mol. The van der Waals surface area contributed by atoms with Crippen molar-refractivity contribution in [2.75, 3.05) is 0 Å². The van der Waals surface area contributed by atoms with E-state index >= 15 is 0 Å². The van der Waals surface area contributed by atoms with E-state index in [2.05, 4.69) is 14.4 Å². The van der Waals surface area contributed by atoms with Crippen LogP contribution in [0.3, 0.4) is 0 Å². The van der Waals surface area contributed by atoms with Crippen LogP contribution in [0.4, 0.5) is 5.69 Å². The minimum absolute atomic E-state index is 0.108. The van der Waals surface area contributed by atoms with Gasteiger partial charge in [-0.1, -0.05) is 16.8 Å². The first-order valence-corrected chi connectivity index (χ1v) is 7.09. The van der Waals surface area contributed by atoms with E-state index < -0.39 is 14.9 Å². The maximum absolute atomic E-state index is 12.0. The normalized spacial score (nSPS) is 11.4. The van der Waals surface area contributed by atoms with Crippen molar-refractivity contribution in [1.29, 1.82) is 0 Å². The number of rotatable bonds is 5. The van der Waals surface area contributed by atoms with Crippen LogP contribution in [0.25, 0.3) is 0 Å². The van der Waals surface area contributed by atoms with Crippen molar-refractivity contribution in [1.82, 2.24) is 9.88 Å². The number of hydrogen-bond acceptors (Lipinski definition) is 6. The molecule has 0 radical (unpaired) electrons. The lowest BCUT2D eigenvalue weighted by molar-refractivity contribution is -0.385. The van der Waals surface area contributed by atoms with E-state index in [-0.39, 0.29) is 22.2 Å². The molecule has 0 unspecified atom stereocenters. The molecule has 8 nitrogen and oxygen atoms in total. The molecule has 0 amide bonds. The van der Waals surface area contributed by atoms with Gasteiger partial charge in [-0.3, -0.25) is 10.1 Å². The Labute approximate surface area is 118 Å². The third kappa shape index (κ3) is 3.13. The summed E-state index contributed by atoms with van der Waals surface area (Å²) in [5, 5.41) is 14.1. The van der Waals surface area contributed by atoms with Crippen LogP contribution in [-0.4, -0.2) is 18.5 Å². The Balaban J connectivity index is 2.28. The summed E-state index contributed by atoms with van der Waals surface area (Å²) in [7, 11) is -3.99. The van der Waals surface area contributed by atoms with Gasteiger partial charge >= 0.3 is 0 Å². The van der Waals surface area contributed by atoms with E-state index in [1.54, 1.807) is 0 Å². The van der Waals surface area contributed by atoms with Gasteiger partial charge in [0.15, 0.2) is 0 Å². The molecule has 106 valence electrons. The van der Waals surface area contributed by atoms with Crippen molar-refractivity contribution in [2.24, 2.45) is 0 Å². The molecule has 2 rings (SSSR count). The van der Waals surface area contributed by atoms with Crippen molar-refractivity contribution < 1.29 is 17.9 Å². The zero-order valence-electron chi connectivity index (χ0n) is 9.82. The molecule has 10 heteroatoms. The van der Waals surface area contributed by atoms with Gasteiger partial charge in [0.05, 0.1) is 22.2 Å². The Morgan fingerprint density at radius 1 is 1.40 bits per heavy atom. The zero-order valence-corrected chi connectivity index (χ0v) is 11.4. The molecule has 0 bridgehead atoms. The zero-order chi connectivity index (χ0) is 14.8. The summed E-state index contributed by atoms with van der Waals surface area (Å²) in [6.45, 7) is -0.113. The first kappa shape index (κ1) is 14.4. The monoisotopic (exact) mass is 317 g/mol. The largest absolute Gasteiger partial charge is 0.364 e. The molecule has 0 fully saturated rings. The highest BCUT2D eigenvalue weighted by atomic mass is 35.5. The molecule has 20 heavy (non-hydrogen) atoms. The number of nitrogens with zero attached hydrogens (tertiary/aromatic N) is 2. The second kappa shape index (κ2) is 5.57. The van der Waals surface area contributed by atoms with Gasteiger partial charge in [-0.15, -0.1) is 0 Å². The lowest BCUT2D eigenvalue weighted by Gasteiger charge is -2.06. The van der Waals surface area contributed by atoms with Gasteiger partial charge in [-0.25, -0.2) is 13.1 Å². The summed E-state index contributed by atoms with van der Waals surface area (Å²) in [5.74, 6) is 0. The third-order valence-corrected chi connectivity index (χ3v) is 4.23. The maximum Gasteiger partial charge on any atom is 0.270 e. The summed E-state index contributed by atoms with van der Waals surface area (Å²) in [6.07, 6.45) is 1.30. The van der Waals surface area contributed by atoms with Crippen LogP contribution in [0, 0.1) is 10.1 Å². The summed E-state index contributed by atoms with van der Waals surface area (Å²) in [4.78, 5) is 9.60. The Hall–Kier alpha value is -1.97. The molecule has 1 aromatic heterocycles. The highest BCUT2D eigenvalue weighted by Crippen LogP contribution is 2.26. The second-order valence-electron chi connectivity index (χ2n) is 3.69. The van der Waals surface area contributed by atoms with Gasteiger partial charge in [0.25, 0.3) is 5.69 Å². The fraction of sp³-hybridized carbons (Fsp3) is 0.100. The van der Waals surface area contributed by atoms with E-state index in [1.807, 2.05) is 0 Å². The number of sulfonamides is 1. The van der Waals surface area contributed by atoms with Crippen LogP contribution in [-0.2, 0) is 16.6 Å². The molecular formula is C10H8ClN3O5S. The van der Waals surface area contributed by atoms with Gasteiger partial charge in [0.2, 0.25) is 10.0 Å². The third-order valence-electron chi connectivity index (χ3n) is 2.35. The molecule has 0 aliphatic rings. The highest BCUT2D eigenvalue weighted by molar-refractivity contribution is 7.89. The average Bonchev–Trinajstić information content (AvgIpc) is 2.89. The summed E-state index contributed by atoms with van der Waals surface area (Å²) in [5.41, 5.74) is 0.00587. The molecule has 0 spiro atoms.